The Bertz CT molecular complexity index is 1130. The van der Waals surface area contributed by atoms with Crippen LogP contribution in [0.5, 0.6) is 5.75 Å². The lowest BCUT2D eigenvalue weighted by Crippen LogP contribution is -2.45. The van der Waals surface area contributed by atoms with Crippen molar-refractivity contribution in [2.45, 2.75) is 25.7 Å². The van der Waals surface area contributed by atoms with Gasteiger partial charge >= 0.3 is 6.03 Å². The van der Waals surface area contributed by atoms with Crippen molar-refractivity contribution in [2.24, 2.45) is 0 Å². The van der Waals surface area contributed by atoms with E-state index in [0.717, 1.165) is 6.07 Å². The number of rotatable bonds is 5. The van der Waals surface area contributed by atoms with E-state index in [-0.39, 0.29) is 23.8 Å². The highest BCUT2D eigenvalue weighted by atomic mass is 19.1. The average molecular weight is 457 g/mol. The number of ether oxygens (including phenoxy) is 1. The molecule has 0 unspecified atom stereocenters. The number of methoxy groups -OCH3 is 1. The second kappa shape index (κ2) is 9.58. The van der Waals surface area contributed by atoms with Crippen molar-refractivity contribution >= 4 is 6.03 Å². The molecule has 2 amide bonds. The van der Waals surface area contributed by atoms with E-state index in [1.807, 2.05) is 0 Å². The standard InChI is InChI=1S/C24H25F2N3O4/c1-3-29(31)24(30)28-12-10-16(11-13-28)23-27-21(15-4-7-18(32-2)8-5-15)22(33-23)19-9-6-17(25)14-20(19)26/h4-9,14,16,31H,3,10-13H2,1-2H3. The predicted octanol–water partition coefficient (Wildman–Crippen LogP) is 5.31. The second-order valence-corrected chi connectivity index (χ2v) is 7.84. The van der Waals surface area contributed by atoms with Gasteiger partial charge in [-0.3, -0.25) is 5.21 Å². The molecule has 2 aromatic carbocycles. The van der Waals surface area contributed by atoms with Gasteiger partial charge in [-0.05, 0) is 56.2 Å². The lowest BCUT2D eigenvalue weighted by molar-refractivity contribution is -0.0543. The van der Waals surface area contributed by atoms with Crippen molar-refractivity contribution in [3.63, 3.8) is 0 Å². The van der Waals surface area contributed by atoms with Crippen LogP contribution in [0.1, 0.15) is 31.6 Å². The number of carbonyl (C=O) groups excluding carboxylic acids is 1. The third-order valence-corrected chi connectivity index (χ3v) is 5.82. The Labute approximate surface area is 190 Å². The summed E-state index contributed by atoms with van der Waals surface area (Å²) in [5, 5.41) is 10.4. The number of benzene rings is 2. The smallest absolute Gasteiger partial charge is 0.343 e. The van der Waals surface area contributed by atoms with E-state index in [1.54, 1.807) is 43.2 Å². The first-order chi connectivity index (χ1) is 15.9. The van der Waals surface area contributed by atoms with E-state index >= 15 is 0 Å². The summed E-state index contributed by atoms with van der Waals surface area (Å²) in [4.78, 5) is 18.5. The third-order valence-electron chi connectivity index (χ3n) is 5.82. The molecule has 0 radical (unpaired) electrons. The number of piperidine rings is 1. The number of likely N-dealkylation sites (tertiary alicyclic amines) is 1. The molecule has 7 nitrogen and oxygen atoms in total. The molecule has 2 heterocycles. The number of aromatic nitrogens is 1. The zero-order valence-electron chi connectivity index (χ0n) is 18.4. The van der Waals surface area contributed by atoms with E-state index in [0.29, 0.717) is 53.9 Å². The summed E-state index contributed by atoms with van der Waals surface area (Å²) < 4.78 is 39.4. The molecule has 0 bridgehead atoms. The number of oxazole rings is 1. The summed E-state index contributed by atoms with van der Waals surface area (Å²) in [7, 11) is 1.57. The number of hydrogen-bond acceptors (Lipinski definition) is 5. The van der Waals surface area contributed by atoms with Gasteiger partial charge in [0.05, 0.1) is 12.7 Å². The van der Waals surface area contributed by atoms with Crippen LogP contribution in [-0.4, -0.2) is 52.9 Å². The van der Waals surface area contributed by atoms with Crippen molar-refractivity contribution in [3.05, 3.63) is 60.0 Å². The maximum atomic E-state index is 14.6. The first-order valence-corrected chi connectivity index (χ1v) is 10.8. The average Bonchev–Trinajstić information content (AvgIpc) is 3.28. The Morgan fingerprint density at radius 2 is 1.91 bits per heavy atom. The normalized spacial score (nSPS) is 14.4. The Morgan fingerprint density at radius 1 is 1.21 bits per heavy atom. The van der Waals surface area contributed by atoms with Gasteiger partial charge in [-0.25, -0.2) is 23.6 Å². The quantitative estimate of drug-likeness (QED) is 0.415. The molecular formula is C24H25F2N3O4. The van der Waals surface area contributed by atoms with Crippen molar-refractivity contribution in [1.29, 1.82) is 0 Å². The Hall–Kier alpha value is -3.46. The van der Waals surface area contributed by atoms with Gasteiger partial charge in [0.1, 0.15) is 23.1 Å². The van der Waals surface area contributed by atoms with Crippen LogP contribution in [0.2, 0.25) is 0 Å². The highest BCUT2D eigenvalue weighted by Crippen LogP contribution is 2.39. The first-order valence-electron chi connectivity index (χ1n) is 10.8. The van der Waals surface area contributed by atoms with Crippen molar-refractivity contribution in [3.8, 4) is 28.3 Å². The highest BCUT2D eigenvalue weighted by molar-refractivity contribution is 5.77. The lowest BCUT2D eigenvalue weighted by Gasteiger charge is -2.32. The minimum Gasteiger partial charge on any atom is -0.497 e. The molecular weight excluding hydrogens is 432 g/mol. The van der Waals surface area contributed by atoms with Crippen molar-refractivity contribution in [1.82, 2.24) is 14.9 Å². The van der Waals surface area contributed by atoms with Crippen LogP contribution >= 0.6 is 0 Å². The van der Waals surface area contributed by atoms with Gasteiger partial charge in [-0.15, -0.1) is 0 Å². The summed E-state index contributed by atoms with van der Waals surface area (Å²) in [6.45, 7) is 2.76. The van der Waals surface area contributed by atoms with Gasteiger partial charge in [-0.1, -0.05) is 0 Å². The van der Waals surface area contributed by atoms with Crippen molar-refractivity contribution in [2.75, 3.05) is 26.7 Å². The molecule has 0 spiro atoms. The molecule has 0 saturated carbocycles. The van der Waals surface area contributed by atoms with E-state index in [2.05, 4.69) is 4.98 Å². The molecule has 3 aromatic rings. The maximum absolute atomic E-state index is 14.6. The van der Waals surface area contributed by atoms with Gasteiger partial charge in [0.2, 0.25) is 0 Å². The molecule has 1 N–H and O–H groups in total. The lowest BCUT2D eigenvalue weighted by atomic mass is 9.97. The summed E-state index contributed by atoms with van der Waals surface area (Å²) in [6, 6.07) is 10.0. The number of hydrogen-bond donors (Lipinski definition) is 1. The van der Waals surface area contributed by atoms with Gasteiger partial charge < -0.3 is 14.1 Å². The zero-order valence-corrected chi connectivity index (χ0v) is 18.4. The van der Waals surface area contributed by atoms with E-state index in [4.69, 9.17) is 9.15 Å². The van der Waals surface area contributed by atoms with E-state index in [1.165, 1.54) is 12.1 Å². The van der Waals surface area contributed by atoms with Crippen LogP contribution in [-0.2, 0) is 0 Å². The molecule has 1 aliphatic heterocycles. The van der Waals surface area contributed by atoms with Crippen LogP contribution < -0.4 is 4.74 Å². The fraction of sp³-hybridized carbons (Fsp3) is 0.333. The molecule has 1 fully saturated rings. The minimum absolute atomic E-state index is 0.0860. The minimum atomic E-state index is -0.740. The molecule has 1 aromatic heterocycles. The predicted molar refractivity (Wildman–Crippen MR) is 117 cm³/mol. The van der Waals surface area contributed by atoms with Crippen LogP contribution in [0.3, 0.4) is 0 Å². The highest BCUT2D eigenvalue weighted by Gasteiger charge is 2.30. The van der Waals surface area contributed by atoms with Gasteiger partial charge in [-0.2, -0.15) is 0 Å². The van der Waals surface area contributed by atoms with E-state index in [9.17, 15) is 18.8 Å². The van der Waals surface area contributed by atoms with Crippen LogP contribution in [0.15, 0.2) is 46.9 Å². The summed E-state index contributed by atoms with van der Waals surface area (Å²) in [6.07, 6.45) is 1.16. The largest absolute Gasteiger partial charge is 0.497 e. The molecule has 1 aliphatic rings. The molecule has 174 valence electrons. The summed E-state index contributed by atoms with van der Waals surface area (Å²) >= 11 is 0. The number of nitrogens with zero attached hydrogens (tertiary/aromatic N) is 3. The van der Waals surface area contributed by atoms with Gasteiger partial charge in [0, 0.05) is 37.2 Å². The number of halogens is 2. The third kappa shape index (κ3) is 4.68. The molecule has 9 heteroatoms. The van der Waals surface area contributed by atoms with E-state index < -0.39 is 17.7 Å². The van der Waals surface area contributed by atoms with Gasteiger partial charge in [0.15, 0.2) is 11.7 Å². The number of carbonyl (C=O) groups is 1. The molecule has 4 rings (SSSR count). The Balaban J connectivity index is 1.66. The zero-order chi connectivity index (χ0) is 23.5. The fourth-order valence-electron chi connectivity index (χ4n) is 3.93. The Morgan fingerprint density at radius 3 is 2.52 bits per heavy atom. The van der Waals surface area contributed by atoms with Gasteiger partial charge in [0.25, 0.3) is 0 Å². The number of urea groups is 1. The van der Waals surface area contributed by atoms with Crippen molar-refractivity contribution < 1.29 is 27.9 Å². The molecule has 1 saturated heterocycles. The number of amides is 2. The summed E-state index contributed by atoms with van der Waals surface area (Å²) in [5.74, 6) is -0.183. The monoisotopic (exact) mass is 457 g/mol. The van der Waals surface area contributed by atoms with Crippen LogP contribution in [0, 0.1) is 11.6 Å². The SMILES string of the molecule is CCN(O)C(=O)N1CCC(c2nc(-c3ccc(OC)cc3)c(-c3ccc(F)cc3F)o2)CC1. The Kier molecular flexibility index (Phi) is 6.60. The number of hydroxylamine groups is 2. The van der Waals surface area contributed by atoms with Crippen LogP contribution in [0.4, 0.5) is 13.6 Å². The topological polar surface area (TPSA) is 79.0 Å². The molecule has 0 atom stereocenters. The molecule has 0 aliphatic carbocycles. The summed E-state index contributed by atoms with van der Waals surface area (Å²) in [5.41, 5.74) is 1.27. The maximum Gasteiger partial charge on any atom is 0.343 e. The molecule has 33 heavy (non-hydrogen) atoms. The first kappa shape index (κ1) is 22.7. The second-order valence-electron chi connectivity index (χ2n) is 7.84. The van der Waals surface area contributed by atoms with Crippen LogP contribution in [0.25, 0.3) is 22.6 Å². The fourth-order valence-corrected chi connectivity index (χ4v) is 3.93.